The van der Waals surface area contributed by atoms with Gasteiger partial charge in [-0.05, 0) is 81.6 Å². The van der Waals surface area contributed by atoms with Crippen molar-refractivity contribution in [3.63, 3.8) is 0 Å². The standard InChI is InChI=1S/C34H32Cl3FN8/c1-34(2,3)45-12-10-25(11-13-45)46-19-30(43-44-46)32(20-4-6-22(35)7-5-20)41-24-15-26-31(42-29-14-23(36)8-9-28(29)38)21(17-39)18-40-33(26)27(37)16-24/h4-9,14-16,18-19,25,32,41H,10-13H2,1-3H3,(H,40,42). The van der Waals surface area contributed by atoms with Gasteiger partial charge in [0.1, 0.15) is 17.6 Å². The second-order valence-corrected chi connectivity index (χ2v) is 13.7. The minimum atomic E-state index is -0.520. The first kappa shape index (κ1) is 32.0. The number of aromatic nitrogens is 4. The second kappa shape index (κ2) is 13.0. The highest BCUT2D eigenvalue weighted by Gasteiger charge is 2.29. The first-order valence-electron chi connectivity index (χ1n) is 14.9. The summed E-state index contributed by atoms with van der Waals surface area (Å²) in [5.41, 5.74) is 3.55. The lowest BCUT2D eigenvalue weighted by atomic mass is 9.98. The molecule has 12 heteroatoms. The van der Waals surface area contributed by atoms with Gasteiger partial charge in [0, 0.05) is 45.9 Å². The van der Waals surface area contributed by atoms with Crippen molar-refractivity contribution in [2.24, 2.45) is 0 Å². The van der Waals surface area contributed by atoms with Crippen LogP contribution in [0, 0.1) is 17.1 Å². The number of piperidine rings is 1. The Hall–Kier alpha value is -3.94. The first-order chi connectivity index (χ1) is 22.0. The first-order valence-corrected chi connectivity index (χ1v) is 16.1. The van der Waals surface area contributed by atoms with Crippen molar-refractivity contribution in [3.8, 4) is 6.07 Å². The Labute approximate surface area is 282 Å². The number of hydrogen-bond donors (Lipinski definition) is 2. The molecule has 0 saturated carbocycles. The fourth-order valence-corrected chi connectivity index (χ4v) is 6.41. The zero-order valence-corrected chi connectivity index (χ0v) is 27.8. The molecule has 2 aromatic heterocycles. The van der Waals surface area contributed by atoms with Crippen LogP contribution in [0.25, 0.3) is 10.9 Å². The number of fused-ring (bicyclic) bond motifs is 1. The van der Waals surface area contributed by atoms with Gasteiger partial charge in [-0.1, -0.05) is 52.1 Å². The molecule has 5 aromatic rings. The largest absolute Gasteiger partial charge is 0.373 e. The van der Waals surface area contributed by atoms with E-state index in [1.54, 1.807) is 6.07 Å². The van der Waals surface area contributed by atoms with E-state index in [1.807, 2.05) is 41.2 Å². The van der Waals surface area contributed by atoms with Gasteiger partial charge in [0.25, 0.3) is 0 Å². The number of nitriles is 1. The van der Waals surface area contributed by atoms with Crippen LogP contribution < -0.4 is 10.6 Å². The van der Waals surface area contributed by atoms with Gasteiger partial charge in [-0.15, -0.1) is 5.10 Å². The molecule has 236 valence electrons. The molecule has 0 amide bonds. The molecule has 46 heavy (non-hydrogen) atoms. The average Bonchev–Trinajstić information content (AvgIpc) is 3.52. The lowest BCUT2D eigenvalue weighted by Crippen LogP contribution is -2.46. The Morgan fingerprint density at radius 1 is 1.00 bits per heavy atom. The van der Waals surface area contributed by atoms with E-state index in [9.17, 15) is 9.65 Å². The number of benzene rings is 3. The molecule has 0 bridgehead atoms. The maximum atomic E-state index is 14.7. The summed E-state index contributed by atoms with van der Waals surface area (Å²) in [7, 11) is 0. The maximum Gasteiger partial charge on any atom is 0.146 e. The number of pyridine rings is 1. The normalized spacial score (nSPS) is 15.1. The summed E-state index contributed by atoms with van der Waals surface area (Å²) in [6.07, 6.45) is 5.37. The van der Waals surface area contributed by atoms with Gasteiger partial charge < -0.3 is 10.6 Å². The number of likely N-dealkylation sites (tertiary alicyclic amines) is 1. The molecule has 1 fully saturated rings. The SMILES string of the molecule is CC(C)(C)N1CCC(n2cc(C(Nc3cc(Cl)c4ncc(C#N)c(Nc5cc(Cl)ccc5F)c4c3)c3ccc(Cl)cc3)nn2)CC1. The van der Waals surface area contributed by atoms with E-state index in [4.69, 9.17) is 34.8 Å². The highest BCUT2D eigenvalue weighted by Crippen LogP contribution is 2.38. The van der Waals surface area contributed by atoms with E-state index < -0.39 is 11.9 Å². The molecule has 1 aliphatic rings. The van der Waals surface area contributed by atoms with Crippen LogP contribution in [0.2, 0.25) is 15.1 Å². The van der Waals surface area contributed by atoms with E-state index in [-0.39, 0.29) is 22.8 Å². The average molecular weight is 678 g/mol. The molecule has 8 nitrogen and oxygen atoms in total. The third kappa shape index (κ3) is 6.76. The van der Waals surface area contributed by atoms with Crippen molar-refractivity contribution in [2.75, 3.05) is 23.7 Å². The highest BCUT2D eigenvalue weighted by atomic mass is 35.5. The van der Waals surface area contributed by atoms with Gasteiger partial charge in [0.15, 0.2) is 0 Å². The monoisotopic (exact) mass is 676 g/mol. The zero-order chi connectivity index (χ0) is 32.6. The predicted octanol–water partition coefficient (Wildman–Crippen LogP) is 9.18. The quantitative estimate of drug-likeness (QED) is 0.177. The number of anilines is 3. The minimum Gasteiger partial charge on any atom is -0.373 e. The molecule has 2 N–H and O–H groups in total. The summed E-state index contributed by atoms with van der Waals surface area (Å²) in [6.45, 7) is 8.72. The van der Waals surface area contributed by atoms with Crippen LogP contribution in [-0.4, -0.2) is 43.5 Å². The Balaban J connectivity index is 1.37. The summed E-state index contributed by atoms with van der Waals surface area (Å²) in [5.74, 6) is -0.520. The van der Waals surface area contributed by atoms with Gasteiger partial charge in [-0.3, -0.25) is 9.88 Å². The van der Waals surface area contributed by atoms with Gasteiger partial charge in [0.2, 0.25) is 0 Å². The van der Waals surface area contributed by atoms with Crippen LogP contribution in [-0.2, 0) is 0 Å². The van der Waals surface area contributed by atoms with Crippen molar-refractivity contribution < 1.29 is 4.39 Å². The number of halogens is 4. The maximum absolute atomic E-state index is 14.7. The molecule has 6 rings (SSSR count). The van der Waals surface area contributed by atoms with Crippen LogP contribution in [0.3, 0.4) is 0 Å². The number of rotatable bonds is 7. The van der Waals surface area contributed by atoms with Crippen molar-refractivity contribution in [3.05, 3.63) is 105 Å². The molecule has 3 aromatic carbocycles. The molecule has 0 aliphatic carbocycles. The number of nitrogens with one attached hydrogen (secondary N) is 2. The molecule has 3 heterocycles. The Kier molecular flexibility index (Phi) is 9.08. The topological polar surface area (TPSA) is 94.7 Å². The van der Waals surface area contributed by atoms with Gasteiger partial charge in [-0.25, -0.2) is 9.07 Å². The van der Waals surface area contributed by atoms with E-state index >= 15 is 0 Å². The van der Waals surface area contributed by atoms with E-state index in [1.165, 1.54) is 24.4 Å². The van der Waals surface area contributed by atoms with E-state index in [0.717, 1.165) is 37.2 Å². The second-order valence-electron chi connectivity index (χ2n) is 12.4. The molecular formula is C34H32Cl3FN8. The number of nitrogens with zero attached hydrogens (tertiary/aromatic N) is 6. The summed E-state index contributed by atoms with van der Waals surface area (Å²) in [4.78, 5) is 6.93. The van der Waals surface area contributed by atoms with Crippen LogP contribution in [0.5, 0.6) is 0 Å². The summed E-state index contributed by atoms with van der Waals surface area (Å²) < 4.78 is 16.7. The zero-order valence-electron chi connectivity index (χ0n) is 25.5. The van der Waals surface area contributed by atoms with Gasteiger partial charge in [0.05, 0.1) is 45.8 Å². The molecular weight excluding hydrogens is 646 g/mol. The smallest absolute Gasteiger partial charge is 0.146 e. The summed E-state index contributed by atoms with van der Waals surface area (Å²) in [5, 5.41) is 27.5. The van der Waals surface area contributed by atoms with Crippen LogP contribution in [0.15, 0.2) is 67.0 Å². The van der Waals surface area contributed by atoms with E-state index in [2.05, 4.69) is 57.7 Å². The van der Waals surface area contributed by atoms with Crippen molar-refractivity contribution in [2.45, 2.75) is 51.2 Å². The van der Waals surface area contributed by atoms with Crippen molar-refractivity contribution in [1.29, 1.82) is 5.26 Å². The van der Waals surface area contributed by atoms with Crippen LogP contribution in [0.1, 0.15) is 62.5 Å². The lowest BCUT2D eigenvalue weighted by Gasteiger charge is -2.40. The fourth-order valence-electron chi connectivity index (χ4n) is 5.84. The Morgan fingerprint density at radius 3 is 2.41 bits per heavy atom. The molecule has 0 radical (unpaired) electrons. The summed E-state index contributed by atoms with van der Waals surface area (Å²) in [6, 6.07) is 17.3. The van der Waals surface area contributed by atoms with Gasteiger partial charge >= 0.3 is 0 Å². The van der Waals surface area contributed by atoms with Crippen molar-refractivity contribution >= 4 is 62.8 Å². The molecule has 1 saturated heterocycles. The number of hydrogen-bond acceptors (Lipinski definition) is 7. The predicted molar refractivity (Wildman–Crippen MR) is 183 cm³/mol. The van der Waals surface area contributed by atoms with E-state index in [0.29, 0.717) is 37.3 Å². The van der Waals surface area contributed by atoms with Gasteiger partial charge in [-0.2, -0.15) is 5.26 Å². The fraction of sp³-hybridized carbons (Fsp3) is 0.294. The highest BCUT2D eigenvalue weighted by molar-refractivity contribution is 6.36. The van der Waals surface area contributed by atoms with Crippen LogP contribution in [0.4, 0.5) is 21.5 Å². The molecule has 1 aliphatic heterocycles. The van der Waals surface area contributed by atoms with Crippen LogP contribution >= 0.6 is 34.8 Å². The molecule has 0 spiro atoms. The Bertz CT molecular complexity index is 1920. The molecule has 1 atom stereocenters. The third-order valence-electron chi connectivity index (χ3n) is 8.36. The summed E-state index contributed by atoms with van der Waals surface area (Å²) >= 11 is 19.2. The van der Waals surface area contributed by atoms with Crippen molar-refractivity contribution in [1.82, 2.24) is 24.9 Å². The minimum absolute atomic E-state index is 0.120. The lowest BCUT2D eigenvalue weighted by molar-refractivity contribution is 0.0866. The molecule has 1 unspecified atom stereocenters. The third-order valence-corrected chi connectivity index (χ3v) is 9.13. The Morgan fingerprint density at radius 2 is 1.72 bits per heavy atom.